The number of ether oxygens (including phenoxy) is 1. The first-order chi connectivity index (χ1) is 18.1. The zero-order valence-electron chi connectivity index (χ0n) is 21.1. The van der Waals surface area contributed by atoms with Crippen LogP contribution < -0.4 is 5.32 Å². The van der Waals surface area contributed by atoms with Crippen LogP contribution in [0.3, 0.4) is 0 Å². The van der Waals surface area contributed by atoms with E-state index in [0.29, 0.717) is 17.2 Å². The fourth-order valence-corrected chi connectivity index (χ4v) is 5.13. The number of hydrogen-bond acceptors (Lipinski definition) is 5. The van der Waals surface area contributed by atoms with E-state index in [1.54, 1.807) is 12.1 Å². The summed E-state index contributed by atoms with van der Waals surface area (Å²) >= 11 is 0. The second kappa shape index (κ2) is 11.4. The van der Waals surface area contributed by atoms with Crippen molar-refractivity contribution in [2.45, 2.75) is 32.2 Å². The average molecular weight is 497 g/mol. The molecule has 0 spiro atoms. The number of likely N-dealkylation sites (tertiary alicyclic amines) is 1. The van der Waals surface area contributed by atoms with Gasteiger partial charge < -0.3 is 10.1 Å². The number of methoxy groups -OCH3 is 1. The minimum Gasteiger partial charge on any atom is -0.469 e. The number of carbonyl (C=O) groups excluding carboxylic acids is 2. The van der Waals surface area contributed by atoms with Gasteiger partial charge in [0, 0.05) is 29.7 Å². The van der Waals surface area contributed by atoms with Gasteiger partial charge in [0.2, 0.25) is 0 Å². The number of anilines is 1. The number of H-pyrrole nitrogens is 1. The van der Waals surface area contributed by atoms with Crippen molar-refractivity contribution >= 4 is 28.5 Å². The number of piperidine rings is 1. The smallest absolute Gasteiger partial charge is 0.309 e. The SMILES string of the molecule is COC(=O)Cc1ccc(NC(=O)c2cccc(CN3CCCC(Cc4ccc5[nH]ncc5c4)C3)c2)cc1. The predicted molar refractivity (Wildman–Crippen MR) is 144 cm³/mol. The lowest BCUT2D eigenvalue weighted by atomic mass is 9.90. The summed E-state index contributed by atoms with van der Waals surface area (Å²) in [6.07, 6.45) is 5.59. The highest BCUT2D eigenvalue weighted by Gasteiger charge is 2.21. The highest BCUT2D eigenvalue weighted by molar-refractivity contribution is 6.04. The van der Waals surface area contributed by atoms with Crippen molar-refractivity contribution in [1.82, 2.24) is 15.1 Å². The van der Waals surface area contributed by atoms with Gasteiger partial charge in [-0.05, 0) is 84.8 Å². The Labute approximate surface area is 216 Å². The van der Waals surface area contributed by atoms with E-state index in [1.165, 1.54) is 25.5 Å². The maximum atomic E-state index is 12.9. The van der Waals surface area contributed by atoms with Crippen molar-refractivity contribution in [3.63, 3.8) is 0 Å². The largest absolute Gasteiger partial charge is 0.469 e. The van der Waals surface area contributed by atoms with Gasteiger partial charge in [0.05, 0.1) is 25.2 Å². The highest BCUT2D eigenvalue weighted by Crippen LogP contribution is 2.24. The van der Waals surface area contributed by atoms with Gasteiger partial charge in [-0.3, -0.25) is 19.6 Å². The Hall–Kier alpha value is -3.97. The molecule has 0 aliphatic carbocycles. The topological polar surface area (TPSA) is 87.3 Å². The van der Waals surface area contributed by atoms with Crippen LogP contribution in [0.25, 0.3) is 10.9 Å². The molecule has 1 atom stereocenters. The molecule has 190 valence electrons. The molecule has 1 aromatic heterocycles. The maximum Gasteiger partial charge on any atom is 0.309 e. The van der Waals surface area contributed by atoms with Crippen LogP contribution in [0.4, 0.5) is 5.69 Å². The number of aromatic amines is 1. The van der Waals surface area contributed by atoms with Crippen LogP contribution in [0, 0.1) is 5.92 Å². The van der Waals surface area contributed by atoms with E-state index in [4.69, 9.17) is 4.74 Å². The van der Waals surface area contributed by atoms with Crippen LogP contribution >= 0.6 is 0 Å². The number of nitrogens with one attached hydrogen (secondary N) is 2. The molecule has 7 heteroatoms. The monoisotopic (exact) mass is 496 g/mol. The van der Waals surface area contributed by atoms with Crippen LogP contribution in [-0.2, 0) is 28.9 Å². The normalized spacial score (nSPS) is 16.0. The molecular weight excluding hydrogens is 464 g/mol. The lowest BCUT2D eigenvalue weighted by Crippen LogP contribution is -2.35. The standard InChI is InChI=1S/C30H32N4O3/c1-37-29(35)17-21-7-10-27(11-8-21)32-30(36)25-6-2-4-24(16-25)20-34-13-3-5-23(19-34)14-22-9-12-28-26(15-22)18-31-33-28/h2,4,6-12,15-16,18,23H,3,5,13-14,17,19-20H2,1H3,(H,31,33)(H,32,36). The molecule has 2 heterocycles. The number of carbonyl (C=O) groups is 2. The molecule has 4 aromatic rings. The molecule has 1 aliphatic rings. The molecule has 0 saturated carbocycles. The lowest BCUT2D eigenvalue weighted by Gasteiger charge is -2.33. The molecule has 0 bridgehead atoms. The maximum absolute atomic E-state index is 12.9. The molecule has 1 aliphatic heterocycles. The number of fused-ring (bicyclic) bond motifs is 1. The second-order valence-electron chi connectivity index (χ2n) is 9.84. The zero-order valence-corrected chi connectivity index (χ0v) is 21.1. The van der Waals surface area contributed by atoms with Gasteiger partial charge in [0.1, 0.15) is 0 Å². The van der Waals surface area contributed by atoms with Crippen LogP contribution in [0.15, 0.2) is 72.9 Å². The van der Waals surface area contributed by atoms with Gasteiger partial charge in [-0.25, -0.2) is 0 Å². The third kappa shape index (κ3) is 6.43. The van der Waals surface area contributed by atoms with Gasteiger partial charge in [-0.2, -0.15) is 5.10 Å². The molecule has 1 unspecified atom stereocenters. The van der Waals surface area contributed by atoms with Crippen molar-refractivity contribution in [2.75, 3.05) is 25.5 Å². The number of benzene rings is 3. The van der Waals surface area contributed by atoms with Gasteiger partial charge in [0.25, 0.3) is 5.91 Å². The van der Waals surface area contributed by atoms with Crippen molar-refractivity contribution in [2.24, 2.45) is 5.92 Å². The first-order valence-electron chi connectivity index (χ1n) is 12.8. The van der Waals surface area contributed by atoms with Crippen LogP contribution in [0.5, 0.6) is 0 Å². The summed E-state index contributed by atoms with van der Waals surface area (Å²) in [6.45, 7) is 2.96. The molecule has 1 saturated heterocycles. The van der Waals surface area contributed by atoms with E-state index in [-0.39, 0.29) is 18.3 Å². The number of esters is 1. The molecule has 2 N–H and O–H groups in total. The summed E-state index contributed by atoms with van der Waals surface area (Å²) in [5.74, 6) is 0.185. The predicted octanol–water partition coefficient (Wildman–Crippen LogP) is 4.99. The third-order valence-corrected chi connectivity index (χ3v) is 7.02. The molecule has 37 heavy (non-hydrogen) atoms. The van der Waals surface area contributed by atoms with Crippen molar-refractivity contribution in [3.05, 3.63) is 95.2 Å². The van der Waals surface area contributed by atoms with Crippen LogP contribution in [-0.4, -0.2) is 47.2 Å². The molecule has 1 amide bonds. The Bertz CT molecular complexity index is 1380. The van der Waals surface area contributed by atoms with Crippen molar-refractivity contribution in [3.8, 4) is 0 Å². The number of aromatic nitrogens is 2. The van der Waals surface area contributed by atoms with E-state index in [2.05, 4.69) is 44.7 Å². The average Bonchev–Trinajstić information content (AvgIpc) is 3.38. The molecule has 0 radical (unpaired) electrons. The zero-order chi connectivity index (χ0) is 25.6. The Balaban J connectivity index is 1.17. The first-order valence-corrected chi connectivity index (χ1v) is 12.8. The van der Waals surface area contributed by atoms with Gasteiger partial charge in [-0.15, -0.1) is 0 Å². The minimum absolute atomic E-state index is 0.145. The summed E-state index contributed by atoms with van der Waals surface area (Å²) in [5, 5.41) is 11.3. The van der Waals surface area contributed by atoms with E-state index < -0.39 is 0 Å². The number of nitrogens with zero attached hydrogens (tertiary/aromatic N) is 2. The molecule has 5 rings (SSSR count). The molecular formula is C30H32N4O3. The Morgan fingerprint density at radius 1 is 1.05 bits per heavy atom. The molecule has 1 fully saturated rings. The Morgan fingerprint density at radius 2 is 1.89 bits per heavy atom. The van der Waals surface area contributed by atoms with Crippen molar-refractivity contribution < 1.29 is 14.3 Å². The van der Waals surface area contributed by atoms with Gasteiger partial charge in [0.15, 0.2) is 0 Å². The fourth-order valence-electron chi connectivity index (χ4n) is 5.13. The Kier molecular flexibility index (Phi) is 7.61. The van der Waals surface area contributed by atoms with Gasteiger partial charge in [-0.1, -0.05) is 30.3 Å². The van der Waals surface area contributed by atoms with Crippen LogP contribution in [0.1, 0.15) is 39.9 Å². The summed E-state index contributed by atoms with van der Waals surface area (Å²) in [7, 11) is 1.37. The Morgan fingerprint density at radius 3 is 2.73 bits per heavy atom. The first kappa shape index (κ1) is 24.7. The number of amides is 1. The third-order valence-electron chi connectivity index (χ3n) is 7.02. The van der Waals surface area contributed by atoms with E-state index in [9.17, 15) is 9.59 Å². The summed E-state index contributed by atoms with van der Waals surface area (Å²) in [5.41, 5.74) is 5.75. The number of rotatable bonds is 8. The fraction of sp³-hybridized carbons (Fsp3) is 0.300. The van der Waals surface area contributed by atoms with Gasteiger partial charge >= 0.3 is 5.97 Å². The highest BCUT2D eigenvalue weighted by atomic mass is 16.5. The lowest BCUT2D eigenvalue weighted by molar-refractivity contribution is -0.139. The number of hydrogen-bond donors (Lipinski definition) is 2. The molecule has 7 nitrogen and oxygen atoms in total. The van der Waals surface area contributed by atoms with E-state index >= 15 is 0 Å². The molecule has 3 aromatic carbocycles. The van der Waals surface area contributed by atoms with E-state index in [1.807, 2.05) is 36.5 Å². The quantitative estimate of drug-likeness (QED) is 0.336. The summed E-state index contributed by atoms with van der Waals surface area (Å²) in [6, 6.07) is 21.7. The minimum atomic E-state index is -0.288. The van der Waals surface area contributed by atoms with Crippen LogP contribution in [0.2, 0.25) is 0 Å². The van der Waals surface area contributed by atoms with Crippen molar-refractivity contribution in [1.29, 1.82) is 0 Å². The summed E-state index contributed by atoms with van der Waals surface area (Å²) < 4.78 is 4.70. The summed E-state index contributed by atoms with van der Waals surface area (Å²) in [4.78, 5) is 26.8. The van der Waals surface area contributed by atoms with E-state index in [0.717, 1.165) is 48.1 Å². The second-order valence-corrected chi connectivity index (χ2v) is 9.84.